The van der Waals surface area contributed by atoms with Gasteiger partial charge in [0, 0.05) is 23.7 Å². The van der Waals surface area contributed by atoms with Crippen LogP contribution in [0.3, 0.4) is 0 Å². The third-order valence-electron chi connectivity index (χ3n) is 4.58. The number of aryl methyl sites for hydroxylation is 1. The predicted molar refractivity (Wildman–Crippen MR) is 120 cm³/mol. The van der Waals surface area contributed by atoms with Gasteiger partial charge in [0.05, 0.1) is 28.8 Å². The van der Waals surface area contributed by atoms with E-state index >= 15 is 0 Å². The lowest BCUT2D eigenvalue weighted by atomic mass is 10.2. The maximum atomic E-state index is 12.5. The van der Waals surface area contributed by atoms with Crippen LogP contribution in [0, 0.1) is 0 Å². The molecular formula is C21H18Cl2N2O6S. The van der Waals surface area contributed by atoms with Crippen LogP contribution in [0.4, 0.5) is 0 Å². The first-order valence-electron chi connectivity index (χ1n) is 9.60. The number of aromatic nitrogens is 1. The van der Waals surface area contributed by atoms with Crippen LogP contribution in [0.5, 0.6) is 17.2 Å². The van der Waals surface area contributed by atoms with E-state index in [2.05, 4.69) is 4.99 Å². The molecule has 1 aliphatic rings. The number of hydrogen-bond donors (Lipinski definition) is 0. The van der Waals surface area contributed by atoms with Crippen LogP contribution in [0.1, 0.15) is 6.42 Å². The highest BCUT2D eigenvalue weighted by atomic mass is 35.5. The monoisotopic (exact) mass is 496 g/mol. The Kier molecular flexibility index (Phi) is 6.88. The van der Waals surface area contributed by atoms with Crippen LogP contribution in [-0.4, -0.2) is 43.4 Å². The average Bonchev–Trinajstić information content (AvgIpc) is 3.10. The van der Waals surface area contributed by atoms with E-state index in [0.29, 0.717) is 45.3 Å². The summed E-state index contributed by atoms with van der Waals surface area (Å²) in [5, 5.41) is 0.761. The van der Waals surface area contributed by atoms with E-state index in [9.17, 15) is 9.59 Å². The van der Waals surface area contributed by atoms with Gasteiger partial charge in [-0.2, -0.15) is 4.99 Å². The third-order valence-corrected chi connectivity index (χ3v) is 6.15. The molecule has 0 bridgehead atoms. The zero-order chi connectivity index (χ0) is 22.7. The topological polar surface area (TPSA) is 88.4 Å². The summed E-state index contributed by atoms with van der Waals surface area (Å²) in [6, 6.07) is 8.39. The van der Waals surface area contributed by atoms with Crippen molar-refractivity contribution < 1.29 is 28.5 Å². The van der Waals surface area contributed by atoms with Crippen LogP contribution < -0.4 is 19.0 Å². The summed E-state index contributed by atoms with van der Waals surface area (Å²) >= 11 is 13.3. The first-order valence-corrected chi connectivity index (χ1v) is 11.2. The van der Waals surface area contributed by atoms with Gasteiger partial charge in [-0.15, -0.1) is 0 Å². The molecule has 1 aromatic heterocycles. The van der Waals surface area contributed by atoms with Crippen molar-refractivity contribution in [1.82, 2.24) is 4.57 Å². The Balaban J connectivity index is 1.65. The number of halogens is 2. The molecule has 0 N–H and O–H groups in total. The van der Waals surface area contributed by atoms with E-state index in [1.54, 1.807) is 16.7 Å². The van der Waals surface area contributed by atoms with Gasteiger partial charge in [0.15, 0.2) is 22.9 Å². The molecule has 3 aromatic rings. The summed E-state index contributed by atoms with van der Waals surface area (Å²) in [4.78, 5) is 28.9. The van der Waals surface area contributed by atoms with E-state index in [1.165, 1.54) is 24.5 Å². The Morgan fingerprint density at radius 1 is 1.16 bits per heavy atom. The quantitative estimate of drug-likeness (QED) is 0.481. The number of methoxy groups -OCH3 is 1. The van der Waals surface area contributed by atoms with E-state index in [0.717, 1.165) is 10.2 Å². The fraction of sp³-hybridized carbons (Fsp3) is 0.286. The smallest absolute Gasteiger partial charge is 0.307 e. The SMILES string of the molecule is COC(=O)CCn1c(=NC(=O)COc2ccc(Cl)cc2Cl)sc2cc3c(cc21)OCCO3. The highest BCUT2D eigenvalue weighted by molar-refractivity contribution is 7.16. The molecule has 0 saturated heterocycles. The second-order valence-corrected chi connectivity index (χ2v) is 8.55. The lowest BCUT2D eigenvalue weighted by Gasteiger charge is -2.18. The van der Waals surface area contributed by atoms with Crippen LogP contribution in [0.2, 0.25) is 10.0 Å². The molecule has 0 aliphatic carbocycles. The normalized spacial score (nSPS) is 13.3. The van der Waals surface area contributed by atoms with Crippen LogP contribution in [0.15, 0.2) is 35.3 Å². The number of carbonyl (C=O) groups is 2. The number of benzene rings is 2. The second-order valence-electron chi connectivity index (χ2n) is 6.69. The zero-order valence-corrected chi connectivity index (χ0v) is 19.3. The molecule has 1 amide bonds. The summed E-state index contributed by atoms with van der Waals surface area (Å²) in [7, 11) is 1.33. The van der Waals surface area contributed by atoms with Gasteiger partial charge in [0.25, 0.3) is 5.91 Å². The van der Waals surface area contributed by atoms with E-state index in [-0.39, 0.29) is 25.5 Å². The minimum absolute atomic E-state index is 0.120. The van der Waals surface area contributed by atoms with E-state index in [1.807, 2.05) is 12.1 Å². The van der Waals surface area contributed by atoms with Gasteiger partial charge in [-0.25, -0.2) is 0 Å². The highest BCUT2D eigenvalue weighted by Gasteiger charge is 2.17. The van der Waals surface area contributed by atoms with Gasteiger partial charge in [-0.1, -0.05) is 34.5 Å². The Morgan fingerprint density at radius 3 is 2.62 bits per heavy atom. The van der Waals surface area contributed by atoms with Gasteiger partial charge >= 0.3 is 5.97 Å². The van der Waals surface area contributed by atoms with Crippen molar-refractivity contribution in [1.29, 1.82) is 0 Å². The van der Waals surface area contributed by atoms with Gasteiger partial charge in [-0.3, -0.25) is 9.59 Å². The van der Waals surface area contributed by atoms with Crippen molar-refractivity contribution in [3.8, 4) is 17.2 Å². The molecule has 2 aromatic carbocycles. The number of fused-ring (bicyclic) bond motifs is 2. The van der Waals surface area contributed by atoms with Gasteiger partial charge in [0.1, 0.15) is 19.0 Å². The van der Waals surface area contributed by atoms with Crippen molar-refractivity contribution in [2.45, 2.75) is 13.0 Å². The van der Waals surface area contributed by atoms with Crippen molar-refractivity contribution in [2.24, 2.45) is 4.99 Å². The standard InChI is InChI=1S/C21H18Cl2N2O6S/c1-28-20(27)4-5-25-14-9-16-17(30-7-6-29-16)10-18(14)32-21(25)24-19(26)11-31-15-3-2-12(22)8-13(15)23/h2-3,8-10H,4-7,11H2,1H3. The number of amides is 1. The molecule has 2 heterocycles. The predicted octanol–water partition coefficient (Wildman–Crippen LogP) is 3.85. The number of rotatable bonds is 6. The van der Waals surface area contributed by atoms with Crippen molar-refractivity contribution in [3.63, 3.8) is 0 Å². The van der Waals surface area contributed by atoms with Gasteiger partial charge < -0.3 is 23.5 Å². The molecule has 1 aliphatic heterocycles. The Hall–Kier alpha value is -2.75. The first-order chi connectivity index (χ1) is 15.4. The Morgan fingerprint density at radius 2 is 1.91 bits per heavy atom. The lowest BCUT2D eigenvalue weighted by molar-refractivity contribution is -0.140. The highest BCUT2D eigenvalue weighted by Crippen LogP contribution is 2.35. The van der Waals surface area contributed by atoms with Gasteiger partial charge in [0.2, 0.25) is 0 Å². The number of nitrogens with zero attached hydrogens (tertiary/aromatic N) is 2. The molecule has 32 heavy (non-hydrogen) atoms. The van der Waals surface area contributed by atoms with E-state index < -0.39 is 5.91 Å². The van der Waals surface area contributed by atoms with Crippen molar-refractivity contribution in [2.75, 3.05) is 26.9 Å². The first kappa shape index (κ1) is 22.4. The van der Waals surface area contributed by atoms with Gasteiger partial charge in [-0.05, 0) is 18.2 Å². The number of ether oxygens (including phenoxy) is 4. The number of thiazole rings is 1. The molecular weight excluding hydrogens is 479 g/mol. The molecule has 0 unspecified atom stereocenters. The molecule has 8 nitrogen and oxygen atoms in total. The molecule has 4 rings (SSSR count). The molecule has 0 saturated carbocycles. The summed E-state index contributed by atoms with van der Waals surface area (Å²) in [6.45, 7) is 0.884. The number of esters is 1. The summed E-state index contributed by atoms with van der Waals surface area (Å²) < 4.78 is 24.2. The summed E-state index contributed by atoms with van der Waals surface area (Å²) in [6.07, 6.45) is 0.120. The maximum Gasteiger partial charge on any atom is 0.307 e. The third kappa shape index (κ3) is 5.01. The van der Waals surface area contributed by atoms with E-state index in [4.69, 9.17) is 42.1 Å². The molecule has 0 atom stereocenters. The molecule has 0 radical (unpaired) electrons. The summed E-state index contributed by atoms with van der Waals surface area (Å²) in [5.41, 5.74) is 0.774. The largest absolute Gasteiger partial charge is 0.486 e. The number of hydrogen-bond acceptors (Lipinski definition) is 7. The number of carbonyl (C=O) groups excluding carboxylic acids is 2. The Bertz CT molecular complexity index is 1250. The van der Waals surface area contributed by atoms with Crippen LogP contribution in [-0.2, 0) is 20.9 Å². The summed E-state index contributed by atoms with van der Waals surface area (Å²) in [5.74, 6) is 0.686. The van der Waals surface area contributed by atoms with Crippen LogP contribution in [0.25, 0.3) is 10.2 Å². The van der Waals surface area contributed by atoms with Crippen LogP contribution >= 0.6 is 34.5 Å². The minimum atomic E-state index is -0.508. The molecule has 0 spiro atoms. The molecule has 0 fully saturated rings. The second kappa shape index (κ2) is 9.81. The molecule has 168 valence electrons. The van der Waals surface area contributed by atoms with Crippen molar-refractivity contribution >= 4 is 56.6 Å². The lowest BCUT2D eigenvalue weighted by Crippen LogP contribution is -2.21. The maximum absolute atomic E-state index is 12.5. The fourth-order valence-corrected chi connectivity index (χ4v) is 4.63. The van der Waals surface area contributed by atoms with Crippen molar-refractivity contribution in [3.05, 3.63) is 45.2 Å². The fourth-order valence-electron chi connectivity index (χ4n) is 3.08. The Labute approximate surface area is 196 Å². The minimum Gasteiger partial charge on any atom is -0.486 e. The molecule has 11 heteroatoms. The zero-order valence-electron chi connectivity index (χ0n) is 16.9. The average molecular weight is 497 g/mol.